The Morgan fingerprint density at radius 3 is 2.64 bits per heavy atom. The molecule has 0 aliphatic rings. The summed E-state index contributed by atoms with van der Waals surface area (Å²) in [5.41, 5.74) is 8.48. The fourth-order valence-corrected chi connectivity index (χ4v) is 1.23. The monoisotopic (exact) mass is 185 g/mol. The van der Waals surface area contributed by atoms with Crippen LogP contribution in [0.1, 0.15) is 5.56 Å². The van der Waals surface area contributed by atoms with Crippen molar-refractivity contribution >= 4 is 0 Å². The van der Waals surface area contributed by atoms with Gasteiger partial charge in [0.15, 0.2) is 0 Å². The van der Waals surface area contributed by atoms with Gasteiger partial charge in [0, 0.05) is 30.7 Å². The van der Waals surface area contributed by atoms with E-state index in [1.807, 2.05) is 24.3 Å². The summed E-state index contributed by atoms with van der Waals surface area (Å²) in [5.74, 6) is 0. The second-order valence-corrected chi connectivity index (χ2v) is 3.00. The molecular weight excluding hydrogens is 174 g/mol. The number of pyridine rings is 2. The first-order valence-corrected chi connectivity index (χ1v) is 4.45. The number of nitrogens with zero attached hydrogens (tertiary/aromatic N) is 2. The van der Waals surface area contributed by atoms with E-state index < -0.39 is 0 Å². The summed E-state index contributed by atoms with van der Waals surface area (Å²) in [5, 5.41) is 0. The van der Waals surface area contributed by atoms with Gasteiger partial charge in [-0.15, -0.1) is 0 Å². The summed E-state index contributed by atoms with van der Waals surface area (Å²) < 4.78 is 0. The third-order valence-electron chi connectivity index (χ3n) is 2.02. The van der Waals surface area contributed by atoms with Crippen molar-refractivity contribution in [2.75, 3.05) is 0 Å². The summed E-state index contributed by atoms with van der Waals surface area (Å²) in [4.78, 5) is 8.34. The standard InChI is InChI=1S/C11H11N3/c12-6-9-3-4-11(14-7-9)10-2-1-5-13-8-10/h1-5,7-8H,6,12H2. The van der Waals surface area contributed by atoms with E-state index in [9.17, 15) is 0 Å². The lowest BCUT2D eigenvalue weighted by atomic mass is 10.1. The van der Waals surface area contributed by atoms with E-state index in [1.54, 1.807) is 18.6 Å². The van der Waals surface area contributed by atoms with Crippen LogP contribution in [0.3, 0.4) is 0 Å². The van der Waals surface area contributed by atoms with Crippen LogP contribution in [0.15, 0.2) is 42.9 Å². The molecule has 0 fully saturated rings. The highest BCUT2D eigenvalue weighted by Gasteiger charge is 1.97. The van der Waals surface area contributed by atoms with Crippen LogP contribution in [-0.4, -0.2) is 9.97 Å². The molecule has 0 amide bonds. The number of hydrogen-bond acceptors (Lipinski definition) is 3. The van der Waals surface area contributed by atoms with Crippen molar-refractivity contribution in [1.82, 2.24) is 9.97 Å². The molecule has 2 N–H and O–H groups in total. The lowest BCUT2D eigenvalue weighted by molar-refractivity contribution is 1.05. The van der Waals surface area contributed by atoms with Crippen molar-refractivity contribution in [3.05, 3.63) is 48.4 Å². The zero-order valence-electron chi connectivity index (χ0n) is 7.72. The van der Waals surface area contributed by atoms with Gasteiger partial charge >= 0.3 is 0 Å². The van der Waals surface area contributed by atoms with Gasteiger partial charge in [0.25, 0.3) is 0 Å². The molecular formula is C11H11N3. The molecule has 0 aliphatic heterocycles. The van der Waals surface area contributed by atoms with Crippen LogP contribution in [-0.2, 0) is 6.54 Å². The summed E-state index contributed by atoms with van der Waals surface area (Å²) in [6.07, 6.45) is 5.34. The minimum atomic E-state index is 0.528. The van der Waals surface area contributed by atoms with E-state index in [0.29, 0.717) is 6.54 Å². The van der Waals surface area contributed by atoms with Crippen molar-refractivity contribution in [1.29, 1.82) is 0 Å². The topological polar surface area (TPSA) is 51.8 Å². The Labute approximate surface area is 82.6 Å². The summed E-state index contributed by atoms with van der Waals surface area (Å²) in [7, 11) is 0. The van der Waals surface area contributed by atoms with Gasteiger partial charge in [-0.05, 0) is 23.8 Å². The molecule has 0 atom stereocenters. The number of rotatable bonds is 2. The SMILES string of the molecule is NCc1ccc(-c2cccnc2)nc1. The van der Waals surface area contributed by atoms with E-state index in [1.165, 1.54) is 0 Å². The number of nitrogens with two attached hydrogens (primary N) is 1. The molecule has 0 saturated heterocycles. The number of aromatic nitrogens is 2. The van der Waals surface area contributed by atoms with Crippen LogP contribution in [0.5, 0.6) is 0 Å². The average Bonchev–Trinajstić information content (AvgIpc) is 2.30. The Morgan fingerprint density at radius 2 is 2.07 bits per heavy atom. The van der Waals surface area contributed by atoms with E-state index in [4.69, 9.17) is 5.73 Å². The van der Waals surface area contributed by atoms with Crippen LogP contribution in [0, 0.1) is 0 Å². The van der Waals surface area contributed by atoms with Crippen LogP contribution < -0.4 is 5.73 Å². The second kappa shape index (κ2) is 3.98. The Balaban J connectivity index is 2.34. The van der Waals surface area contributed by atoms with Gasteiger partial charge < -0.3 is 5.73 Å². The van der Waals surface area contributed by atoms with Crippen molar-refractivity contribution in [3.8, 4) is 11.3 Å². The van der Waals surface area contributed by atoms with Crippen LogP contribution in [0.25, 0.3) is 11.3 Å². The maximum Gasteiger partial charge on any atom is 0.0717 e. The minimum absolute atomic E-state index is 0.528. The van der Waals surface area contributed by atoms with Gasteiger partial charge in [0.1, 0.15) is 0 Å². The van der Waals surface area contributed by atoms with E-state index in [0.717, 1.165) is 16.8 Å². The third-order valence-corrected chi connectivity index (χ3v) is 2.02. The average molecular weight is 185 g/mol. The molecule has 3 heteroatoms. The summed E-state index contributed by atoms with van der Waals surface area (Å²) in [6.45, 7) is 0.528. The molecule has 2 aromatic rings. The molecule has 70 valence electrons. The van der Waals surface area contributed by atoms with Gasteiger partial charge in [0.05, 0.1) is 5.69 Å². The Bertz CT molecular complexity index is 395. The highest BCUT2D eigenvalue weighted by atomic mass is 14.7. The smallest absolute Gasteiger partial charge is 0.0717 e. The molecule has 0 bridgehead atoms. The zero-order chi connectivity index (χ0) is 9.80. The molecule has 0 unspecified atom stereocenters. The second-order valence-electron chi connectivity index (χ2n) is 3.00. The van der Waals surface area contributed by atoms with Crippen molar-refractivity contribution in [2.24, 2.45) is 5.73 Å². The normalized spacial score (nSPS) is 10.1. The molecule has 3 nitrogen and oxygen atoms in total. The van der Waals surface area contributed by atoms with Crippen LogP contribution >= 0.6 is 0 Å². The summed E-state index contributed by atoms with van der Waals surface area (Å²) >= 11 is 0. The van der Waals surface area contributed by atoms with Crippen molar-refractivity contribution in [3.63, 3.8) is 0 Å². The molecule has 2 heterocycles. The molecule has 2 rings (SSSR count). The van der Waals surface area contributed by atoms with Crippen molar-refractivity contribution in [2.45, 2.75) is 6.54 Å². The Morgan fingerprint density at radius 1 is 1.14 bits per heavy atom. The number of hydrogen-bond donors (Lipinski definition) is 1. The van der Waals surface area contributed by atoms with Crippen molar-refractivity contribution < 1.29 is 0 Å². The zero-order valence-corrected chi connectivity index (χ0v) is 7.72. The molecule has 0 spiro atoms. The van der Waals surface area contributed by atoms with Gasteiger partial charge in [0.2, 0.25) is 0 Å². The first kappa shape index (κ1) is 8.84. The Kier molecular flexibility index (Phi) is 2.51. The molecule has 0 aromatic carbocycles. The molecule has 0 aliphatic carbocycles. The highest BCUT2D eigenvalue weighted by molar-refractivity contribution is 5.57. The predicted molar refractivity (Wildman–Crippen MR) is 55.4 cm³/mol. The van der Waals surface area contributed by atoms with E-state index >= 15 is 0 Å². The fraction of sp³-hybridized carbons (Fsp3) is 0.0909. The van der Waals surface area contributed by atoms with Gasteiger partial charge in [-0.3, -0.25) is 9.97 Å². The largest absolute Gasteiger partial charge is 0.326 e. The maximum atomic E-state index is 5.49. The quantitative estimate of drug-likeness (QED) is 0.773. The first-order chi connectivity index (χ1) is 6.90. The lowest BCUT2D eigenvalue weighted by Gasteiger charge is -2.00. The van der Waals surface area contributed by atoms with Crippen LogP contribution in [0.2, 0.25) is 0 Å². The molecule has 0 radical (unpaired) electrons. The van der Waals surface area contributed by atoms with Gasteiger partial charge in [-0.2, -0.15) is 0 Å². The molecule has 0 saturated carbocycles. The Hall–Kier alpha value is -1.74. The minimum Gasteiger partial charge on any atom is -0.326 e. The van der Waals surface area contributed by atoms with E-state index in [2.05, 4.69) is 9.97 Å². The summed E-state index contributed by atoms with van der Waals surface area (Å²) in [6, 6.07) is 7.82. The van der Waals surface area contributed by atoms with Gasteiger partial charge in [-0.25, -0.2) is 0 Å². The third kappa shape index (κ3) is 1.78. The highest BCUT2D eigenvalue weighted by Crippen LogP contribution is 2.14. The molecule has 2 aromatic heterocycles. The van der Waals surface area contributed by atoms with Gasteiger partial charge in [-0.1, -0.05) is 6.07 Å². The molecule has 14 heavy (non-hydrogen) atoms. The predicted octanol–water partition coefficient (Wildman–Crippen LogP) is 1.60. The van der Waals surface area contributed by atoms with Crippen LogP contribution in [0.4, 0.5) is 0 Å². The maximum absolute atomic E-state index is 5.49. The first-order valence-electron chi connectivity index (χ1n) is 4.45. The van der Waals surface area contributed by atoms with E-state index in [-0.39, 0.29) is 0 Å². The lowest BCUT2D eigenvalue weighted by Crippen LogP contribution is -1.96. The fourth-order valence-electron chi connectivity index (χ4n) is 1.23.